The van der Waals surface area contributed by atoms with Gasteiger partial charge in [0.15, 0.2) is 22.9 Å². The van der Waals surface area contributed by atoms with Gasteiger partial charge >= 0.3 is 0 Å². The molecule has 3 aliphatic heterocycles. The number of aliphatic hydroxyl groups is 1. The SMILES string of the molecule is C=C1c2nn([C@@H](C)[C@@H]3CCCN3C)c3nc(-c4noc5c4CCC[C@@]54CCCCC4=O)nc(c23)N2C[C@](C)(O)CC[C@H]12. The number of nitrogens with zero attached hydrogens (tertiary/aromatic N) is 7. The summed E-state index contributed by atoms with van der Waals surface area (Å²) in [6.07, 6.45) is 9.73. The number of fused-ring (bicyclic) bond motifs is 4. The third-order valence-electron chi connectivity index (χ3n) is 11.1. The van der Waals surface area contributed by atoms with Gasteiger partial charge in [-0.05, 0) is 90.8 Å². The maximum absolute atomic E-state index is 13.3. The molecule has 5 aliphatic rings. The number of hydrogen-bond acceptors (Lipinski definition) is 9. The Balaban J connectivity index is 1.33. The lowest BCUT2D eigenvalue weighted by Crippen LogP contribution is -2.53. The Morgan fingerprint density at radius 2 is 1.90 bits per heavy atom. The number of Topliss-reactive ketones (excluding diaryl/α,β-unsaturated/α-hetero) is 1. The molecule has 0 unspecified atom stereocenters. The van der Waals surface area contributed by atoms with Crippen molar-refractivity contribution in [2.45, 2.75) is 114 Å². The highest BCUT2D eigenvalue weighted by Crippen LogP contribution is 2.49. The van der Waals surface area contributed by atoms with E-state index in [-0.39, 0.29) is 17.9 Å². The third kappa shape index (κ3) is 3.66. The predicted molar refractivity (Wildman–Crippen MR) is 159 cm³/mol. The summed E-state index contributed by atoms with van der Waals surface area (Å²) >= 11 is 0. The lowest BCUT2D eigenvalue weighted by atomic mass is 9.64. The number of likely N-dealkylation sites (tertiary alicyclic amines) is 1. The highest BCUT2D eigenvalue weighted by molar-refractivity contribution is 6.02. The molecule has 0 bridgehead atoms. The quantitative estimate of drug-likeness (QED) is 0.482. The summed E-state index contributed by atoms with van der Waals surface area (Å²) in [5, 5.41) is 21.9. The molecule has 222 valence electrons. The molecule has 8 rings (SSSR count). The molecule has 10 heteroatoms. The van der Waals surface area contributed by atoms with E-state index in [1.807, 2.05) is 6.92 Å². The van der Waals surface area contributed by atoms with E-state index < -0.39 is 11.0 Å². The molecule has 0 aromatic carbocycles. The van der Waals surface area contributed by atoms with Gasteiger partial charge in [-0.3, -0.25) is 4.79 Å². The number of rotatable bonds is 3. The second-order valence-electron chi connectivity index (χ2n) is 13.9. The number of anilines is 1. The first-order valence-corrected chi connectivity index (χ1v) is 15.9. The predicted octanol–water partition coefficient (Wildman–Crippen LogP) is 4.60. The van der Waals surface area contributed by atoms with Crippen LogP contribution in [-0.2, 0) is 16.6 Å². The zero-order valence-electron chi connectivity index (χ0n) is 25.0. The first kappa shape index (κ1) is 26.5. The minimum atomic E-state index is -0.831. The van der Waals surface area contributed by atoms with Gasteiger partial charge < -0.3 is 19.4 Å². The summed E-state index contributed by atoms with van der Waals surface area (Å²) in [7, 11) is 2.19. The fourth-order valence-corrected chi connectivity index (χ4v) is 8.82. The highest BCUT2D eigenvalue weighted by atomic mass is 16.5. The van der Waals surface area contributed by atoms with Gasteiger partial charge in [-0.25, -0.2) is 14.6 Å². The molecule has 5 atom stereocenters. The van der Waals surface area contributed by atoms with Crippen LogP contribution >= 0.6 is 0 Å². The number of hydrogen-bond donors (Lipinski definition) is 1. The van der Waals surface area contributed by atoms with Crippen LogP contribution in [0, 0.1) is 0 Å². The van der Waals surface area contributed by atoms with E-state index in [0.717, 1.165) is 97.4 Å². The van der Waals surface area contributed by atoms with Crippen LogP contribution in [0.4, 0.5) is 5.82 Å². The van der Waals surface area contributed by atoms with Gasteiger partial charge in [0.05, 0.1) is 28.5 Å². The van der Waals surface area contributed by atoms with Gasteiger partial charge in [0, 0.05) is 24.6 Å². The van der Waals surface area contributed by atoms with Gasteiger partial charge in [-0.15, -0.1) is 0 Å². The first-order chi connectivity index (χ1) is 20.2. The van der Waals surface area contributed by atoms with Gasteiger partial charge in [0.2, 0.25) is 0 Å². The fraction of sp³-hybridized carbons (Fsp3) is 0.656. The molecule has 42 heavy (non-hydrogen) atoms. The van der Waals surface area contributed by atoms with E-state index in [0.29, 0.717) is 36.9 Å². The third-order valence-corrected chi connectivity index (χ3v) is 11.1. The molecule has 0 amide bonds. The number of aromatic nitrogens is 5. The van der Waals surface area contributed by atoms with Crippen molar-refractivity contribution in [1.29, 1.82) is 0 Å². The summed E-state index contributed by atoms with van der Waals surface area (Å²) in [5.41, 5.74) is 2.87. The van der Waals surface area contributed by atoms with E-state index in [1.165, 1.54) is 6.42 Å². The minimum Gasteiger partial charge on any atom is -0.388 e. The molecule has 3 fully saturated rings. The van der Waals surface area contributed by atoms with Crippen LogP contribution in [0.25, 0.3) is 28.1 Å². The molecule has 1 N–H and O–H groups in total. The van der Waals surface area contributed by atoms with Crippen molar-refractivity contribution in [3.05, 3.63) is 23.6 Å². The highest BCUT2D eigenvalue weighted by Gasteiger charge is 2.49. The van der Waals surface area contributed by atoms with Crippen molar-refractivity contribution in [3.63, 3.8) is 0 Å². The van der Waals surface area contributed by atoms with Crippen LogP contribution in [0.2, 0.25) is 0 Å². The molecule has 10 nitrogen and oxygen atoms in total. The summed E-state index contributed by atoms with van der Waals surface area (Å²) < 4.78 is 8.18. The largest absolute Gasteiger partial charge is 0.388 e. The van der Waals surface area contributed by atoms with Crippen LogP contribution < -0.4 is 4.90 Å². The summed E-state index contributed by atoms with van der Waals surface area (Å²) in [5.74, 6) is 2.33. The van der Waals surface area contributed by atoms with Gasteiger partial charge in [0.1, 0.15) is 17.3 Å². The average Bonchev–Trinajstić information content (AvgIpc) is 3.70. The minimum absolute atomic E-state index is 0.0193. The monoisotopic (exact) mass is 571 g/mol. The summed E-state index contributed by atoms with van der Waals surface area (Å²) in [6.45, 7) is 10.2. The van der Waals surface area contributed by atoms with Gasteiger partial charge in [-0.2, -0.15) is 5.10 Å². The molecule has 1 spiro atoms. The van der Waals surface area contributed by atoms with Crippen LogP contribution in [0.3, 0.4) is 0 Å². The average molecular weight is 572 g/mol. The van der Waals surface area contributed by atoms with E-state index >= 15 is 0 Å². The molecule has 6 heterocycles. The van der Waals surface area contributed by atoms with Crippen molar-refractivity contribution >= 4 is 28.2 Å². The van der Waals surface area contributed by atoms with Crippen molar-refractivity contribution in [2.75, 3.05) is 25.0 Å². The number of carbonyl (C=O) groups excluding carboxylic acids is 1. The molecule has 0 radical (unpaired) electrons. The molecule has 2 saturated heterocycles. The van der Waals surface area contributed by atoms with Crippen molar-refractivity contribution in [3.8, 4) is 11.5 Å². The van der Waals surface area contributed by atoms with Crippen LogP contribution in [-0.4, -0.2) is 78.5 Å². The van der Waals surface area contributed by atoms with Gasteiger partial charge in [0.25, 0.3) is 0 Å². The normalized spacial score (nSPS) is 32.0. The molecular weight excluding hydrogens is 530 g/mol. The van der Waals surface area contributed by atoms with Crippen LogP contribution in [0.5, 0.6) is 0 Å². The molecule has 2 aliphatic carbocycles. The lowest BCUT2D eigenvalue weighted by molar-refractivity contribution is -0.128. The molecule has 1 saturated carbocycles. The Kier molecular flexibility index (Phi) is 5.80. The Hall–Kier alpha value is -3.11. The Labute approximate surface area is 246 Å². The number of likely N-dealkylation sites (N-methyl/N-ethyl adjacent to an activating group) is 1. The van der Waals surface area contributed by atoms with E-state index in [4.69, 9.17) is 19.6 Å². The Morgan fingerprint density at radius 3 is 2.69 bits per heavy atom. The fourth-order valence-electron chi connectivity index (χ4n) is 8.82. The van der Waals surface area contributed by atoms with Crippen molar-refractivity contribution < 1.29 is 14.4 Å². The Morgan fingerprint density at radius 1 is 1.07 bits per heavy atom. The summed E-state index contributed by atoms with van der Waals surface area (Å²) in [4.78, 5) is 28.3. The second-order valence-corrected chi connectivity index (χ2v) is 13.9. The topological polar surface area (TPSA) is 113 Å². The maximum Gasteiger partial charge on any atom is 0.186 e. The molecular formula is C32H41N7O3. The number of piperidine rings is 1. The van der Waals surface area contributed by atoms with Crippen LogP contribution in [0.1, 0.15) is 101 Å². The van der Waals surface area contributed by atoms with E-state index in [2.05, 4.69) is 40.2 Å². The van der Waals surface area contributed by atoms with Crippen molar-refractivity contribution in [2.24, 2.45) is 0 Å². The number of ketones is 1. The smallest absolute Gasteiger partial charge is 0.186 e. The zero-order valence-corrected chi connectivity index (χ0v) is 25.0. The number of carbonyl (C=O) groups is 1. The Bertz CT molecular complexity index is 1620. The van der Waals surface area contributed by atoms with E-state index in [9.17, 15) is 9.90 Å². The lowest BCUT2D eigenvalue weighted by Gasteiger charge is -2.46. The van der Waals surface area contributed by atoms with Crippen molar-refractivity contribution in [1.82, 2.24) is 29.8 Å². The summed E-state index contributed by atoms with van der Waals surface area (Å²) in [6, 6.07) is 0.479. The second kappa shape index (κ2) is 9.19. The zero-order chi connectivity index (χ0) is 29.0. The van der Waals surface area contributed by atoms with Gasteiger partial charge in [-0.1, -0.05) is 18.2 Å². The maximum atomic E-state index is 13.3. The standard InChI is InChI=1S/C32H41N7O3/c1-18-21-12-15-31(3,41)17-38(21)29-24-25(18)35-39(19(2)22-10-8-16-37(22)4)30(24)34-28(33-29)26-20-9-7-14-32(27(20)42-36-26)13-6-5-11-23(32)40/h19,21-22,41H,1,5-17H2,2-4H3/t19-,21+,22-,31+,32+/m0/s1. The van der Waals surface area contributed by atoms with Crippen LogP contribution in [0.15, 0.2) is 11.1 Å². The molecule has 3 aromatic rings. The molecule has 3 aromatic heterocycles. The van der Waals surface area contributed by atoms with E-state index in [1.54, 1.807) is 0 Å². The first-order valence-electron chi connectivity index (χ1n) is 15.9.